The molecule has 0 atom stereocenters. The van der Waals surface area contributed by atoms with E-state index in [1.165, 1.54) is 128 Å². The average Bonchev–Trinajstić information content (AvgIpc) is 2.66. The monoisotopic (exact) mass is 358 g/mol. The summed E-state index contributed by atoms with van der Waals surface area (Å²) in [5, 5.41) is 0. The Bertz CT molecular complexity index is 310. The van der Waals surface area contributed by atoms with Crippen LogP contribution in [-0.4, -0.2) is 0 Å². The van der Waals surface area contributed by atoms with Crippen molar-refractivity contribution in [1.82, 2.24) is 0 Å². The van der Waals surface area contributed by atoms with Crippen molar-refractivity contribution >= 4 is 0 Å². The molecular weight excluding hydrogens is 312 g/mol. The minimum Gasteiger partial charge on any atom is -0.0845 e. The Balaban J connectivity index is 3.04. The fraction of sp³-hybridized carbons (Fsp3) is 0.769. The fourth-order valence-electron chi connectivity index (χ4n) is 3.46. The summed E-state index contributed by atoms with van der Waals surface area (Å²) in [5.41, 5.74) is 0. The summed E-state index contributed by atoms with van der Waals surface area (Å²) < 4.78 is 0. The van der Waals surface area contributed by atoms with Gasteiger partial charge < -0.3 is 0 Å². The molecule has 0 fully saturated rings. The molecule has 0 rings (SSSR count). The lowest BCUT2D eigenvalue weighted by atomic mass is 10.0. The predicted octanol–water partition coefficient (Wildman–Crippen LogP) is 9.40. The average molecular weight is 359 g/mol. The van der Waals surface area contributed by atoms with Crippen LogP contribution in [-0.2, 0) is 0 Å². The van der Waals surface area contributed by atoms with Crippen LogP contribution in [0.15, 0.2) is 30.4 Å². The van der Waals surface area contributed by atoms with Gasteiger partial charge in [0.05, 0.1) is 0 Å². The molecule has 0 N–H and O–H groups in total. The van der Waals surface area contributed by atoms with Gasteiger partial charge in [0, 0.05) is 0 Å². The zero-order chi connectivity index (χ0) is 19.0. The Labute approximate surface area is 166 Å². The summed E-state index contributed by atoms with van der Waals surface area (Å²) in [7, 11) is 0. The maximum atomic E-state index is 6.88. The molecule has 0 spiro atoms. The van der Waals surface area contributed by atoms with Gasteiger partial charge >= 0.3 is 0 Å². The lowest BCUT2D eigenvalue weighted by Gasteiger charge is -2.03. The van der Waals surface area contributed by atoms with E-state index in [0.717, 1.165) is 0 Å². The molecule has 0 heterocycles. The SMILES string of the molecule is [C]=CC=CC=CCCCCCCCCCCCCCCCCCCCC. The van der Waals surface area contributed by atoms with Crippen molar-refractivity contribution in [3.05, 3.63) is 37.0 Å². The van der Waals surface area contributed by atoms with Gasteiger partial charge in [-0.25, -0.2) is 0 Å². The van der Waals surface area contributed by atoms with Gasteiger partial charge in [-0.05, 0) is 19.4 Å². The highest BCUT2D eigenvalue weighted by atomic mass is 14.0. The molecule has 26 heavy (non-hydrogen) atoms. The lowest BCUT2D eigenvalue weighted by Crippen LogP contribution is -1.84. The second-order valence-electron chi connectivity index (χ2n) is 7.78. The predicted molar refractivity (Wildman–Crippen MR) is 119 cm³/mol. The molecule has 0 bridgehead atoms. The molecule has 0 aromatic heterocycles. The third kappa shape index (κ3) is 23.2. The van der Waals surface area contributed by atoms with Crippen LogP contribution in [0.4, 0.5) is 0 Å². The van der Waals surface area contributed by atoms with Gasteiger partial charge in [-0.1, -0.05) is 146 Å². The quantitative estimate of drug-likeness (QED) is 0.141. The number of unbranched alkanes of at least 4 members (excludes halogenated alkanes) is 18. The molecule has 0 aromatic carbocycles. The molecule has 0 unspecified atom stereocenters. The van der Waals surface area contributed by atoms with E-state index in [1.54, 1.807) is 6.08 Å². The van der Waals surface area contributed by atoms with Crippen molar-refractivity contribution in [2.45, 2.75) is 129 Å². The number of allylic oxidation sites excluding steroid dienone is 5. The molecule has 0 aromatic rings. The van der Waals surface area contributed by atoms with E-state index in [9.17, 15) is 0 Å². The van der Waals surface area contributed by atoms with E-state index in [1.807, 2.05) is 6.08 Å². The third-order valence-corrected chi connectivity index (χ3v) is 5.18. The fourth-order valence-corrected chi connectivity index (χ4v) is 3.46. The van der Waals surface area contributed by atoms with Crippen molar-refractivity contribution in [2.75, 3.05) is 0 Å². The van der Waals surface area contributed by atoms with Gasteiger partial charge in [-0.3, -0.25) is 0 Å². The molecule has 2 radical (unpaired) electrons. The van der Waals surface area contributed by atoms with Crippen molar-refractivity contribution in [3.8, 4) is 0 Å². The van der Waals surface area contributed by atoms with Crippen molar-refractivity contribution < 1.29 is 0 Å². The summed E-state index contributed by atoms with van der Waals surface area (Å²) in [4.78, 5) is 0. The zero-order valence-corrected chi connectivity index (χ0v) is 17.8. The van der Waals surface area contributed by atoms with Crippen LogP contribution in [0.25, 0.3) is 0 Å². The van der Waals surface area contributed by atoms with Gasteiger partial charge in [0.15, 0.2) is 0 Å². The topological polar surface area (TPSA) is 0 Å². The summed E-state index contributed by atoms with van der Waals surface area (Å²) in [5.74, 6) is 0. The Kier molecular flexibility index (Phi) is 23.5. The maximum Gasteiger partial charge on any atom is -0.00990 e. The Hall–Kier alpha value is -0.780. The second-order valence-corrected chi connectivity index (χ2v) is 7.78. The largest absolute Gasteiger partial charge is 0.0845 e. The normalized spacial score (nSPS) is 11.7. The highest BCUT2D eigenvalue weighted by Gasteiger charge is 1.94. The molecule has 0 amide bonds. The number of hydrogen-bond acceptors (Lipinski definition) is 0. The van der Waals surface area contributed by atoms with Gasteiger partial charge in [0.25, 0.3) is 0 Å². The second kappa shape index (κ2) is 24.2. The van der Waals surface area contributed by atoms with Crippen LogP contribution in [0.3, 0.4) is 0 Å². The van der Waals surface area contributed by atoms with Crippen molar-refractivity contribution in [2.24, 2.45) is 0 Å². The molecule has 150 valence electrons. The standard InChI is InChI=1S/C26H46/c1-3-5-7-9-11-13-15-17-19-21-23-25-26-24-22-20-18-16-14-12-10-8-6-4-2/h4,6,8,10,12H,3,5,7,9,11,13-26H2,1H3. The van der Waals surface area contributed by atoms with E-state index in [4.69, 9.17) is 6.58 Å². The first-order valence-electron chi connectivity index (χ1n) is 11.7. The van der Waals surface area contributed by atoms with E-state index in [0.29, 0.717) is 0 Å². The molecule has 0 aliphatic carbocycles. The molecule has 0 aliphatic heterocycles. The Morgan fingerprint density at radius 3 is 1.23 bits per heavy atom. The molecule has 0 heteroatoms. The minimum atomic E-state index is 1.18. The molecule has 0 nitrogen and oxygen atoms in total. The molecule has 0 saturated heterocycles. The first-order chi connectivity index (χ1) is 12.9. The third-order valence-electron chi connectivity index (χ3n) is 5.18. The molecular formula is C26H46. The molecule has 0 saturated carbocycles. The highest BCUT2D eigenvalue weighted by Crippen LogP contribution is 2.14. The van der Waals surface area contributed by atoms with Crippen LogP contribution in [0.1, 0.15) is 129 Å². The van der Waals surface area contributed by atoms with Gasteiger partial charge in [-0.2, -0.15) is 0 Å². The van der Waals surface area contributed by atoms with Gasteiger partial charge in [0.1, 0.15) is 0 Å². The Morgan fingerprint density at radius 1 is 0.462 bits per heavy atom. The Morgan fingerprint density at radius 2 is 0.846 bits per heavy atom. The van der Waals surface area contributed by atoms with Crippen molar-refractivity contribution in [1.29, 1.82) is 0 Å². The van der Waals surface area contributed by atoms with Crippen LogP contribution in [0.2, 0.25) is 0 Å². The van der Waals surface area contributed by atoms with Gasteiger partial charge in [0.2, 0.25) is 0 Å². The molecule has 0 aliphatic rings. The van der Waals surface area contributed by atoms with Crippen LogP contribution >= 0.6 is 0 Å². The van der Waals surface area contributed by atoms with E-state index < -0.39 is 0 Å². The zero-order valence-electron chi connectivity index (χ0n) is 17.8. The summed E-state index contributed by atoms with van der Waals surface area (Å²) in [6.45, 7) is 9.17. The first kappa shape index (κ1) is 25.2. The summed E-state index contributed by atoms with van der Waals surface area (Å²) in [6.07, 6.45) is 36.3. The minimum absolute atomic E-state index is 1.18. The van der Waals surface area contributed by atoms with E-state index >= 15 is 0 Å². The summed E-state index contributed by atoms with van der Waals surface area (Å²) >= 11 is 0. The maximum absolute atomic E-state index is 6.88. The summed E-state index contributed by atoms with van der Waals surface area (Å²) in [6, 6.07) is 0. The number of hydrogen-bond donors (Lipinski definition) is 0. The smallest absolute Gasteiger partial charge is 0.00990 e. The van der Waals surface area contributed by atoms with E-state index in [-0.39, 0.29) is 0 Å². The van der Waals surface area contributed by atoms with Crippen molar-refractivity contribution in [3.63, 3.8) is 0 Å². The first-order valence-corrected chi connectivity index (χ1v) is 11.7. The highest BCUT2D eigenvalue weighted by molar-refractivity contribution is 5.07. The van der Waals surface area contributed by atoms with Crippen LogP contribution < -0.4 is 0 Å². The van der Waals surface area contributed by atoms with Gasteiger partial charge in [-0.15, -0.1) is 0 Å². The lowest BCUT2D eigenvalue weighted by molar-refractivity contribution is 0.525. The number of rotatable bonds is 21. The van der Waals surface area contributed by atoms with Crippen LogP contribution in [0.5, 0.6) is 0 Å². The van der Waals surface area contributed by atoms with E-state index in [2.05, 4.69) is 19.1 Å². The van der Waals surface area contributed by atoms with Crippen LogP contribution in [0, 0.1) is 6.58 Å².